The van der Waals surface area contributed by atoms with Gasteiger partial charge < -0.3 is 15.0 Å². The van der Waals surface area contributed by atoms with E-state index in [4.69, 9.17) is 4.74 Å². The second-order valence-electron chi connectivity index (χ2n) is 11.6. The lowest BCUT2D eigenvalue weighted by atomic mass is 10.0. The van der Waals surface area contributed by atoms with Crippen molar-refractivity contribution < 1.29 is 27.1 Å². The number of carbonyl (C=O) groups is 2. The number of halogens is 1. The van der Waals surface area contributed by atoms with Crippen LogP contribution in [0.4, 0.5) is 10.1 Å². The maximum absolute atomic E-state index is 14.5. The molecule has 8 nitrogen and oxygen atoms in total. The molecule has 0 aliphatic heterocycles. The number of nitrogens with zero attached hydrogens (tertiary/aromatic N) is 2. The van der Waals surface area contributed by atoms with Crippen molar-refractivity contribution in [3.8, 4) is 5.75 Å². The zero-order valence-corrected chi connectivity index (χ0v) is 26.6. The van der Waals surface area contributed by atoms with Crippen LogP contribution in [-0.2, 0) is 32.6 Å². The van der Waals surface area contributed by atoms with Crippen molar-refractivity contribution in [1.82, 2.24) is 10.2 Å². The highest BCUT2D eigenvalue weighted by Crippen LogP contribution is 2.28. The number of benzene rings is 4. The molecule has 45 heavy (non-hydrogen) atoms. The van der Waals surface area contributed by atoms with Crippen LogP contribution in [0.5, 0.6) is 5.75 Å². The Morgan fingerprint density at radius 1 is 0.844 bits per heavy atom. The van der Waals surface area contributed by atoms with Crippen LogP contribution < -0.4 is 14.4 Å². The lowest BCUT2D eigenvalue weighted by Gasteiger charge is -2.35. The van der Waals surface area contributed by atoms with E-state index in [-0.39, 0.29) is 23.5 Å². The molecule has 4 rings (SSSR count). The van der Waals surface area contributed by atoms with E-state index in [0.717, 1.165) is 9.87 Å². The van der Waals surface area contributed by atoms with Gasteiger partial charge in [0.05, 0.1) is 17.7 Å². The first-order valence-corrected chi connectivity index (χ1v) is 15.9. The molecule has 2 amide bonds. The first kappa shape index (κ1) is 33.2. The van der Waals surface area contributed by atoms with Crippen molar-refractivity contribution in [2.24, 2.45) is 0 Å². The molecule has 0 unspecified atom stereocenters. The number of ether oxygens (including phenoxy) is 1. The summed E-state index contributed by atoms with van der Waals surface area (Å²) >= 11 is 0. The Morgan fingerprint density at radius 3 is 2.07 bits per heavy atom. The van der Waals surface area contributed by atoms with Crippen LogP contribution in [0.25, 0.3) is 0 Å². The number of hydrogen-bond donors (Lipinski definition) is 1. The number of amides is 2. The van der Waals surface area contributed by atoms with Gasteiger partial charge in [-0.1, -0.05) is 66.7 Å². The minimum absolute atomic E-state index is 0.00276. The molecule has 4 aromatic rings. The fourth-order valence-corrected chi connectivity index (χ4v) is 6.23. The summed E-state index contributed by atoms with van der Waals surface area (Å²) in [6, 6.07) is 28.1. The number of nitrogens with one attached hydrogen (secondary N) is 1. The highest BCUT2D eigenvalue weighted by molar-refractivity contribution is 7.92. The minimum Gasteiger partial charge on any atom is -0.497 e. The van der Waals surface area contributed by atoms with Crippen molar-refractivity contribution in [1.29, 1.82) is 0 Å². The zero-order valence-electron chi connectivity index (χ0n) is 25.8. The van der Waals surface area contributed by atoms with Crippen molar-refractivity contribution >= 4 is 27.5 Å². The van der Waals surface area contributed by atoms with Gasteiger partial charge in [-0.3, -0.25) is 13.9 Å². The van der Waals surface area contributed by atoms with Crippen LogP contribution in [0, 0.1) is 5.82 Å². The van der Waals surface area contributed by atoms with Gasteiger partial charge in [-0.05, 0) is 68.3 Å². The largest absolute Gasteiger partial charge is 0.497 e. The second kappa shape index (κ2) is 14.4. The van der Waals surface area contributed by atoms with Gasteiger partial charge in [0.15, 0.2) is 0 Å². The number of methoxy groups -OCH3 is 1. The minimum atomic E-state index is -4.24. The molecule has 0 aliphatic carbocycles. The first-order chi connectivity index (χ1) is 21.4. The molecule has 0 heterocycles. The molecule has 0 fully saturated rings. The Hall–Kier alpha value is -4.70. The molecule has 1 atom stereocenters. The van der Waals surface area contributed by atoms with Crippen molar-refractivity contribution in [3.63, 3.8) is 0 Å². The summed E-state index contributed by atoms with van der Waals surface area (Å²) in [6.07, 6.45) is 0.167. The molecule has 0 radical (unpaired) electrons. The summed E-state index contributed by atoms with van der Waals surface area (Å²) < 4.78 is 48.3. The molecule has 4 aromatic carbocycles. The number of sulfonamides is 1. The molecular formula is C35H38FN3O5S. The van der Waals surface area contributed by atoms with Crippen LogP contribution in [-0.4, -0.2) is 50.4 Å². The lowest BCUT2D eigenvalue weighted by molar-refractivity contribution is -0.140. The summed E-state index contributed by atoms with van der Waals surface area (Å²) in [5, 5.41) is 2.98. The molecule has 1 N–H and O–H groups in total. The van der Waals surface area contributed by atoms with Gasteiger partial charge in [0.2, 0.25) is 11.8 Å². The number of rotatable bonds is 12. The molecule has 0 aliphatic rings. The third-order valence-corrected chi connectivity index (χ3v) is 8.77. The highest BCUT2D eigenvalue weighted by Gasteiger charge is 2.35. The van der Waals surface area contributed by atoms with Gasteiger partial charge in [0.25, 0.3) is 10.0 Å². The van der Waals surface area contributed by atoms with Crippen molar-refractivity contribution in [2.75, 3.05) is 18.0 Å². The van der Waals surface area contributed by atoms with Crippen LogP contribution in [0.1, 0.15) is 31.9 Å². The molecule has 0 spiro atoms. The van der Waals surface area contributed by atoms with Crippen LogP contribution in [0.2, 0.25) is 0 Å². The van der Waals surface area contributed by atoms with Gasteiger partial charge in [-0.25, -0.2) is 12.8 Å². The van der Waals surface area contributed by atoms with E-state index in [1.54, 1.807) is 36.4 Å². The van der Waals surface area contributed by atoms with Gasteiger partial charge in [0, 0.05) is 24.6 Å². The van der Waals surface area contributed by atoms with Crippen LogP contribution in [0.15, 0.2) is 114 Å². The average Bonchev–Trinajstić information content (AvgIpc) is 3.02. The summed E-state index contributed by atoms with van der Waals surface area (Å²) in [4.78, 5) is 29.7. The molecular weight excluding hydrogens is 593 g/mol. The van der Waals surface area contributed by atoms with E-state index in [2.05, 4.69) is 5.32 Å². The third kappa shape index (κ3) is 8.92. The van der Waals surface area contributed by atoms with Gasteiger partial charge in [-0.2, -0.15) is 0 Å². The Labute approximate surface area is 264 Å². The monoisotopic (exact) mass is 631 g/mol. The highest BCUT2D eigenvalue weighted by atomic mass is 32.2. The molecule has 0 saturated carbocycles. The Kier molecular flexibility index (Phi) is 10.6. The van der Waals surface area contributed by atoms with Crippen LogP contribution >= 0.6 is 0 Å². The van der Waals surface area contributed by atoms with E-state index in [0.29, 0.717) is 11.3 Å². The first-order valence-electron chi connectivity index (χ1n) is 14.5. The predicted octanol–water partition coefficient (Wildman–Crippen LogP) is 5.58. The van der Waals surface area contributed by atoms with Gasteiger partial charge in [-0.15, -0.1) is 0 Å². The summed E-state index contributed by atoms with van der Waals surface area (Å²) in [6.45, 7) is 4.85. The van der Waals surface area contributed by atoms with Gasteiger partial charge in [0.1, 0.15) is 24.2 Å². The fourth-order valence-electron chi connectivity index (χ4n) is 4.81. The second-order valence-corrected chi connectivity index (χ2v) is 13.5. The molecule has 10 heteroatoms. The van der Waals surface area contributed by atoms with E-state index >= 15 is 0 Å². The normalized spacial score (nSPS) is 12.2. The smallest absolute Gasteiger partial charge is 0.264 e. The lowest BCUT2D eigenvalue weighted by Crippen LogP contribution is -2.56. The topological polar surface area (TPSA) is 96.0 Å². The quantitative estimate of drug-likeness (QED) is 0.220. The summed E-state index contributed by atoms with van der Waals surface area (Å²) in [5.41, 5.74) is 0.988. The number of hydrogen-bond acceptors (Lipinski definition) is 5. The van der Waals surface area contributed by atoms with Crippen LogP contribution in [0.3, 0.4) is 0 Å². The summed E-state index contributed by atoms with van der Waals surface area (Å²) in [5.74, 6) is -1.06. The number of carbonyl (C=O) groups excluding carboxylic acids is 2. The van der Waals surface area contributed by atoms with E-state index < -0.39 is 45.8 Å². The summed E-state index contributed by atoms with van der Waals surface area (Å²) in [7, 11) is -2.77. The van der Waals surface area contributed by atoms with E-state index in [1.807, 2.05) is 51.1 Å². The van der Waals surface area contributed by atoms with Gasteiger partial charge >= 0.3 is 0 Å². The SMILES string of the molecule is COc1cccc(N(CC(=O)N(Cc2ccc(F)cc2)[C@@H](Cc2ccccc2)C(=O)NC(C)(C)C)S(=O)(=O)c2ccccc2)c1. The van der Waals surface area contributed by atoms with Crippen molar-refractivity contribution in [2.45, 2.75) is 50.2 Å². The van der Waals surface area contributed by atoms with Crippen molar-refractivity contribution in [3.05, 3.63) is 126 Å². The molecule has 0 saturated heterocycles. The standard InChI is InChI=1S/C35H38FN3O5S/c1-35(2,3)37-34(41)32(22-26-12-7-5-8-13-26)38(24-27-18-20-28(36)21-19-27)33(40)25-39(29-14-11-15-30(23-29)44-4)45(42,43)31-16-9-6-10-17-31/h5-21,23,32H,22,24-25H2,1-4H3,(H,37,41)/t32-/m0/s1. The van der Waals surface area contributed by atoms with E-state index in [1.165, 1.54) is 54.5 Å². The number of anilines is 1. The molecule has 236 valence electrons. The maximum Gasteiger partial charge on any atom is 0.264 e. The Balaban J connectivity index is 1.82. The molecule has 0 bridgehead atoms. The Morgan fingerprint density at radius 2 is 1.47 bits per heavy atom. The fraction of sp³-hybridized carbons (Fsp3) is 0.257. The maximum atomic E-state index is 14.5. The molecule has 0 aromatic heterocycles. The predicted molar refractivity (Wildman–Crippen MR) is 173 cm³/mol. The van der Waals surface area contributed by atoms with E-state index in [9.17, 15) is 22.4 Å². The average molecular weight is 632 g/mol. The zero-order chi connectivity index (χ0) is 32.6. The third-order valence-electron chi connectivity index (χ3n) is 6.99. The Bertz CT molecular complexity index is 1690.